The first-order valence-electron chi connectivity index (χ1n) is 5.27. The maximum atomic E-state index is 11.1. The number of unbranched alkanes of at least 4 members (excludes halogenated alkanes) is 1. The molecule has 0 aromatic heterocycles. The molecule has 0 spiro atoms. The number of amides is 1. The van der Waals surface area contributed by atoms with Crippen molar-refractivity contribution < 1.29 is 4.79 Å². The van der Waals surface area contributed by atoms with Crippen LogP contribution in [0.2, 0.25) is 0 Å². The van der Waals surface area contributed by atoms with Crippen LogP contribution in [0.5, 0.6) is 0 Å². The van der Waals surface area contributed by atoms with Crippen LogP contribution in [0.1, 0.15) is 33.6 Å². The van der Waals surface area contributed by atoms with E-state index in [-0.39, 0.29) is 5.91 Å². The van der Waals surface area contributed by atoms with E-state index in [2.05, 4.69) is 32.2 Å². The summed E-state index contributed by atoms with van der Waals surface area (Å²) in [7, 11) is 0. The topological polar surface area (TPSA) is 29.1 Å². The molecular formula is C12H21NO. The Balaban J connectivity index is 3.60. The van der Waals surface area contributed by atoms with E-state index in [0.717, 1.165) is 19.4 Å². The van der Waals surface area contributed by atoms with E-state index < -0.39 is 0 Å². The molecule has 0 rings (SSSR count). The minimum atomic E-state index is -0.0140. The number of carbonyl (C=O) groups excluding carboxylic acids is 1. The van der Waals surface area contributed by atoms with Crippen molar-refractivity contribution in [2.45, 2.75) is 33.6 Å². The molecule has 0 fully saturated rings. The highest BCUT2D eigenvalue weighted by molar-refractivity contribution is 5.87. The summed E-state index contributed by atoms with van der Waals surface area (Å²) in [5.41, 5.74) is 0. The van der Waals surface area contributed by atoms with E-state index in [4.69, 9.17) is 0 Å². The summed E-state index contributed by atoms with van der Waals surface area (Å²) in [6, 6.07) is 0. The minimum Gasteiger partial charge on any atom is -0.352 e. The Hall–Kier alpha value is -1.05. The van der Waals surface area contributed by atoms with E-state index in [0.29, 0.717) is 5.92 Å². The van der Waals surface area contributed by atoms with Gasteiger partial charge in [0.15, 0.2) is 0 Å². The highest BCUT2D eigenvalue weighted by Gasteiger charge is 1.95. The van der Waals surface area contributed by atoms with Crippen LogP contribution in [0.4, 0.5) is 0 Å². The fourth-order valence-electron chi connectivity index (χ4n) is 0.848. The first-order chi connectivity index (χ1) is 6.66. The van der Waals surface area contributed by atoms with Gasteiger partial charge in [-0.25, -0.2) is 0 Å². The van der Waals surface area contributed by atoms with Crippen LogP contribution in [-0.2, 0) is 4.79 Å². The quantitative estimate of drug-likeness (QED) is 0.512. The third-order valence-electron chi connectivity index (χ3n) is 1.63. The molecule has 0 saturated heterocycles. The van der Waals surface area contributed by atoms with Gasteiger partial charge < -0.3 is 5.32 Å². The highest BCUT2D eigenvalue weighted by Crippen LogP contribution is 1.89. The summed E-state index contributed by atoms with van der Waals surface area (Å²) in [5.74, 6) is 0.489. The molecular weight excluding hydrogens is 174 g/mol. The predicted octanol–water partition coefficient (Wildman–Crippen LogP) is 2.67. The predicted molar refractivity (Wildman–Crippen MR) is 61.0 cm³/mol. The lowest BCUT2D eigenvalue weighted by molar-refractivity contribution is -0.116. The molecule has 0 saturated carbocycles. The Morgan fingerprint density at radius 2 is 2.07 bits per heavy atom. The molecule has 0 aliphatic carbocycles. The third kappa shape index (κ3) is 9.04. The fourth-order valence-corrected chi connectivity index (χ4v) is 0.848. The van der Waals surface area contributed by atoms with Crippen LogP contribution in [0.15, 0.2) is 24.3 Å². The van der Waals surface area contributed by atoms with Crippen LogP contribution in [0, 0.1) is 5.92 Å². The van der Waals surface area contributed by atoms with E-state index in [1.807, 2.05) is 6.08 Å². The number of hydrogen-bond donors (Lipinski definition) is 1. The van der Waals surface area contributed by atoms with Gasteiger partial charge in [-0.1, -0.05) is 45.4 Å². The van der Waals surface area contributed by atoms with Gasteiger partial charge in [0.2, 0.25) is 5.91 Å². The van der Waals surface area contributed by atoms with Gasteiger partial charge >= 0.3 is 0 Å². The smallest absolute Gasteiger partial charge is 0.243 e. The Labute approximate surface area is 87.1 Å². The number of nitrogens with one attached hydrogen (secondary N) is 1. The Morgan fingerprint density at radius 1 is 1.36 bits per heavy atom. The largest absolute Gasteiger partial charge is 0.352 e. The molecule has 0 aliphatic heterocycles. The van der Waals surface area contributed by atoms with Crippen molar-refractivity contribution in [3.05, 3.63) is 24.3 Å². The fraction of sp³-hybridized carbons (Fsp3) is 0.583. The van der Waals surface area contributed by atoms with E-state index in [9.17, 15) is 4.79 Å². The number of carbonyl (C=O) groups is 1. The van der Waals surface area contributed by atoms with Gasteiger partial charge in [0.25, 0.3) is 0 Å². The van der Waals surface area contributed by atoms with Gasteiger partial charge in [-0.15, -0.1) is 0 Å². The zero-order valence-corrected chi connectivity index (χ0v) is 9.42. The molecule has 0 atom stereocenters. The van der Waals surface area contributed by atoms with Crippen molar-refractivity contribution in [2.24, 2.45) is 5.92 Å². The Morgan fingerprint density at radius 3 is 2.64 bits per heavy atom. The molecule has 0 radical (unpaired) electrons. The summed E-state index contributed by atoms with van der Waals surface area (Å²) >= 11 is 0. The second-order valence-corrected chi connectivity index (χ2v) is 3.71. The van der Waals surface area contributed by atoms with Gasteiger partial charge in [-0.2, -0.15) is 0 Å². The molecule has 2 nitrogen and oxygen atoms in total. The van der Waals surface area contributed by atoms with E-state index in [1.165, 1.54) is 0 Å². The van der Waals surface area contributed by atoms with Crippen molar-refractivity contribution in [1.29, 1.82) is 0 Å². The summed E-state index contributed by atoms with van der Waals surface area (Å²) in [6.07, 6.45) is 9.53. The van der Waals surface area contributed by atoms with Crippen LogP contribution < -0.4 is 5.32 Å². The second-order valence-electron chi connectivity index (χ2n) is 3.71. The van der Waals surface area contributed by atoms with Gasteiger partial charge in [0.05, 0.1) is 0 Å². The van der Waals surface area contributed by atoms with Crippen molar-refractivity contribution in [2.75, 3.05) is 6.54 Å². The summed E-state index contributed by atoms with van der Waals surface area (Å²) in [4.78, 5) is 11.1. The molecule has 0 aromatic rings. The van der Waals surface area contributed by atoms with Gasteiger partial charge in [0, 0.05) is 12.6 Å². The standard InChI is InChI=1S/C12H21NO/c1-4-5-6-7-8-9-12(14)13-10-11(2)3/h6-9,11H,4-5,10H2,1-3H3,(H,13,14). The highest BCUT2D eigenvalue weighted by atomic mass is 16.1. The lowest BCUT2D eigenvalue weighted by Crippen LogP contribution is -2.25. The van der Waals surface area contributed by atoms with E-state index >= 15 is 0 Å². The molecule has 1 N–H and O–H groups in total. The normalized spacial score (nSPS) is 11.7. The molecule has 0 aromatic carbocycles. The first-order valence-corrected chi connectivity index (χ1v) is 5.27. The van der Waals surface area contributed by atoms with Crippen LogP contribution >= 0.6 is 0 Å². The SMILES string of the molecule is CCCC=CC=CC(=O)NCC(C)C. The molecule has 14 heavy (non-hydrogen) atoms. The molecule has 2 heteroatoms. The first kappa shape index (κ1) is 12.9. The molecule has 1 amide bonds. The number of allylic oxidation sites excluding steroid dienone is 3. The maximum absolute atomic E-state index is 11.1. The van der Waals surface area contributed by atoms with Gasteiger partial charge in [0.1, 0.15) is 0 Å². The Kier molecular flexibility index (Phi) is 7.90. The van der Waals surface area contributed by atoms with Crippen molar-refractivity contribution in [3.8, 4) is 0 Å². The minimum absolute atomic E-state index is 0.0140. The second kappa shape index (κ2) is 8.54. The summed E-state index contributed by atoms with van der Waals surface area (Å²) < 4.78 is 0. The summed E-state index contributed by atoms with van der Waals surface area (Å²) in [6.45, 7) is 7.02. The van der Waals surface area contributed by atoms with Crippen LogP contribution in [0.25, 0.3) is 0 Å². The third-order valence-corrected chi connectivity index (χ3v) is 1.63. The monoisotopic (exact) mass is 195 g/mol. The lowest BCUT2D eigenvalue weighted by atomic mass is 10.2. The molecule has 0 aliphatic rings. The zero-order chi connectivity index (χ0) is 10.8. The van der Waals surface area contributed by atoms with Gasteiger partial charge in [-0.05, 0) is 12.3 Å². The molecule has 80 valence electrons. The van der Waals surface area contributed by atoms with Crippen molar-refractivity contribution >= 4 is 5.91 Å². The lowest BCUT2D eigenvalue weighted by Gasteiger charge is -2.03. The van der Waals surface area contributed by atoms with E-state index in [1.54, 1.807) is 12.2 Å². The van der Waals surface area contributed by atoms with Crippen LogP contribution in [0.3, 0.4) is 0 Å². The average molecular weight is 195 g/mol. The van der Waals surface area contributed by atoms with Crippen LogP contribution in [-0.4, -0.2) is 12.5 Å². The van der Waals surface area contributed by atoms with Gasteiger partial charge in [-0.3, -0.25) is 4.79 Å². The summed E-state index contributed by atoms with van der Waals surface area (Å²) in [5, 5.41) is 2.81. The number of rotatable bonds is 6. The van der Waals surface area contributed by atoms with Crippen molar-refractivity contribution in [3.63, 3.8) is 0 Å². The number of hydrogen-bond acceptors (Lipinski definition) is 1. The average Bonchev–Trinajstić information content (AvgIpc) is 2.14. The maximum Gasteiger partial charge on any atom is 0.243 e. The zero-order valence-electron chi connectivity index (χ0n) is 9.42. The molecule has 0 bridgehead atoms. The Bertz CT molecular complexity index is 204. The van der Waals surface area contributed by atoms with Crippen molar-refractivity contribution in [1.82, 2.24) is 5.32 Å². The molecule has 0 unspecified atom stereocenters. The molecule has 0 heterocycles.